The summed E-state index contributed by atoms with van der Waals surface area (Å²) in [7, 11) is 1.57. The zero-order valence-corrected chi connectivity index (χ0v) is 17.2. The van der Waals surface area contributed by atoms with E-state index in [1.54, 1.807) is 48.4 Å². The average molecular weight is 421 g/mol. The molecular formula is C23H23N3O5. The minimum Gasteiger partial charge on any atom is -0.497 e. The first-order valence-corrected chi connectivity index (χ1v) is 10.2. The molecule has 0 spiro atoms. The van der Waals surface area contributed by atoms with E-state index in [2.05, 4.69) is 5.32 Å². The number of amides is 4. The van der Waals surface area contributed by atoms with Gasteiger partial charge in [0.1, 0.15) is 5.75 Å². The Labute approximate surface area is 179 Å². The van der Waals surface area contributed by atoms with Crippen LogP contribution in [0.4, 0.5) is 11.4 Å². The summed E-state index contributed by atoms with van der Waals surface area (Å²) in [4.78, 5) is 51.5. The Hall–Kier alpha value is -3.68. The zero-order valence-electron chi connectivity index (χ0n) is 17.2. The number of methoxy groups -OCH3 is 1. The molecule has 0 saturated carbocycles. The van der Waals surface area contributed by atoms with E-state index in [0.717, 1.165) is 22.6 Å². The predicted molar refractivity (Wildman–Crippen MR) is 114 cm³/mol. The van der Waals surface area contributed by atoms with Crippen LogP contribution in [-0.2, 0) is 20.8 Å². The van der Waals surface area contributed by atoms with Crippen LogP contribution in [0.15, 0.2) is 42.5 Å². The predicted octanol–water partition coefficient (Wildman–Crippen LogP) is 2.38. The summed E-state index contributed by atoms with van der Waals surface area (Å²) in [5, 5.41) is 2.80. The molecule has 0 atom stereocenters. The molecule has 2 aliphatic heterocycles. The molecule has 8 heteroatoms. The first-order valence-electron chi connectivity index (χ1n) is 10.2. The number of rotatable bonds is 6. The molecule has 0 aromatic heterocycles. The number of hydrogen-bond acceptors (Lipinski definition) is 5. The molecule has 4 amide bonds. The van der Waals surface area contributed by atoms with Gasteiger partial charge in [-0.25, -0.2) is 0 Å². The molecule has 0 radical (unpaired) electrons. The number of nitrogens with one attached hydrogen (secondary N) is 1. The summed E-state index contributed by atoms with van der Waals surface area (Å²) in [6.45, 7) is 0.646. The Morgan fingerprint density at radius 1 is 1.00 bits per heavy atom. The third-order valence-electron chi connectivity index (χ3n) is 5.56. The van der Waals surface area contributed by atoms with Gasteiger partial charge in [-0.15, -0.1) is 0 Å². The van der Waals surface area contributed by atoms with Crippen LogP contribution in [0.1, 0.15) is 35.2 Å². The van der Waals surface area contributed by atoms with Crippen LogP contribution in [0, 0.1) is 0 Å². The first kappa shape index (κ1) is 20.6. The summed E-state index contributed by atoms with van der Waals surface area (Å²) >= 11 is 0. The van der Waals surface area contributed by atoms with Gasteiger partial charge in [-0.1, -0.05) is 6.07 Å². The van der Waals surface area contributed by atoms with Crippen molar-refractivity contribution in [1.29, 1.82) is 0 Å². The smallest absolute Gasteiger partial charge is 0.258 e. The average Bonchev–Trinajstić information content (AvgIpc) is 3.34. The Kier molecular flexibility index (Phi) is 5.70. The fourth-order valence-corrected chi connectivity index (χ4v) is 3.87. The maximum absolute atomic E-state index is 13.0. The fourth-order valence-electron chi connectivity index (χ4n) is 3.87. The van der Waals surface area contributed by atoms with E-state index in [0.29, 0.717) is 23.5 Å². The highest BCUT2D eigenvalue weighted by molar-refractivity contribution is 6.08. The second-order valence-electron chi connectivity index (χ2n) is 7.52. The minimum absolute atomic E-state index is 0.0308. The van der Waals surface area contributed by atoms with Gasteiger partial charge < -0.3 is 15.0 Å². The normalized spacial score (nSPS) is 15.3. The Morgan fingerprint density at radius 3 is 2.39 bits per heavy atom. The molecule has 1 saturated heterocycles. The summed E-state index contributed by atoms with van der Waals surface area (Å²) in [6, 6.07) is 12.4. The van der Waals surface area contributed by atoms with Crippen molar-refractivity contribution in [1.82, 2.24) is 4.90 Å². The maximum atomic E-state index is 13.0. The van der Waals surface area contributed by atoms with E-state index in [-0.39, 0.29) is 49.4 Å². The second-order valence-corrected chi connectivity index (χ2v) is 7.52. The molecule has 2 aliphatic rings. The molecule has 0 bridgehead atoms. The van der Waals surface area contributed by atoms with Crippen molar-refractivity contribution >= 4 is 35.0 Å². The number of nitrogens with zero attached hydrogens (tertiary/aromatic N) is 2. The van der Waals surface area contributed by atoms with Crippen LogP contribution in [0.25, 0.3) is 0 Å². The molecule has 0 unspecified atom stereocenters. The molecule has 1 N–H and O–H groups in total. The Balaban J connectivity index is 1.42. The molecule has 160 valence electrons. The van der Waals surface area contributed by atoms with E-state index >= 15 is 0 Å². The molecule has 2 aromatic carbocycles. The second kappa shape index (κ2) is 8.59. The Bertz CT molecular complexity index is 1030. The van der Waals surface area contributed by atoms with Gasteiger partial charge in [-0.3, -0.25) is 24.1 Å². The lowest BCUT2D eigenvalue weighted by Crippen LogP contribution is -2.32. The number of carbonyl (C=O) groups is 4. The minimum atomic E-state index is -0.293. The van der Waals surface area contributed by atoms with Crippen molar-refractivity contribution in [3.8, 4) is 5.75 Å². The van der Waals surface area contributed by atoms with Crippen molar-refractivity contribution < 1.29 is 23.9 Å². The number of ether oxygens (including phenoxy) is 1. The van der Waals surface area contributed by atoms with Gasteiger partial charge >= 0.3 is 0 Å². The Morgan fingerprint density at radius 2 is 1.71 bits per heavy atom. The van der Waals surface area contributed by atoms with Crippen LogP contribution >= 0.6 is 0 Å². The van der Waals surface area contributed by atoms with E-state index < -0.39 is 0 Å². The topological polar surface area (TPSA) is 96.0 Å². The lowest BCUT2D eigenvalue weighted by molar-refractivity contribution is -0.138. The van der Waals surface area contributed by atoms with Crippen molar-refractivity contribution in [2.24, 2.45) is 0 Å². The number of carbonyl (C=O) groups excluding carboxylic acids is 4. The molecule has 2 heterocycles. The molecule has 2 aromatic rings. The largest absolute Gasteiger partial charge is 0.497 e. The SMILES string of the molecule is COc1ccc(C(=O)N2CCc3ccc(NC(=O)CCN4C(=O)CCC4=O)cc32)cc1. The van der Waals surface area contributed by atoms with Gasteiger partial charge in [-0.2, -0.15) is 0 Å². The van der Waals surface area contributed by atoms with Gasteiger partial charge in [0.25, 0.3) is 5.91 Å². The molecule has 8 nitrogen and oxygen atoms in total. The van der Waals surface area contributed by atoms with Crippen LogP contribution in [0.3, 0.4) is 0 Å². The molecule has 4 rings (SSSR count). The number of likely N-dealkylation sites (tertiary alicyclic amines) is 1. The number of benzene rings is 2. The van der Waals surface area contributed by atoms with Crippen LogP contribution in [-0.4, -0.2) is 48.7 Å². The van der Waals surface area contributed by atoms with Gasteiger partial charge in [0.2, 0.25) is 17.7 Å². The van der Waals surface area contributed by atoms with Gasteiger partial charge in [0.15, 0.2) is 0 Å². The van der Waals surface area contributed by atoms with E-state index in [1.807, 2.05) is 6.07 Å². The summed E-state index contributed by atoms with van der Waals surface area (Å²) in [6.07, 6.45) is 1.19. The highest BCUT2D eigenvalue weighted by Gasteiger charge is 2.29. The van der Waals surface area contributed by atoms with E-state index in [1.165, 1.54) is 0 Å². The third-order valence-corrected chi connectivity index (χ3v) is 5.56. The highest BCUT2D eigenvalue weighted by atomic mass is 16.5. The number of anilines is 2. The first-order chi connectivity index (χ1) is 15.0. The highest BCUT2D eigenvalue weighted by Crippen LogP contribution is 2.32. The summed E-state index contributed by atoms with van der Waals surface area (Å²) in [5.74, 6) is -0.193. The van der Waals surface area contributed by atoms with E-state index in [4.69, 9.17) is 4.74 Å². The number of hydrogen-bond donors (Lipinski definition) is 1. The van der Waals surface area contributed by atoms with Crippen LogP contribution < -0.4 is 15.0 Å². The van der Waals surface area contributed by atoms with Crippen molar-refractivity contribution in [2.45, 2.75) is 25.7 Å². The van der Waals surface area contributed by atoms with E-state index in [9.17, 15) is 19.2 Å². The zero-order chi connectivity index (χ0) is 22.0. The summed E-state index contributed by atoms with van der Waals surface area (Å²) < 4.78 is 5.14. The summed E-state index contributed by atoms with van der Waals surface area (Å²) in [5.41, 5.74) is 2.93. The monoisotopic (exact) mass is 421 g/mol. The molecule has 1 fully saturated rings. The van der Waals surface area contributed by atoms with Gasteiger partial charge in [0, 0.05) is 49.3 Å². The fraction of sp³-hybridized carbons (Fsp3) is 0.304. The molecule has 31 heavy (non-hydrogen) atoms. The lowest BCUT2D eigenvalue weighted by atomic mass is 10.1. The van der Waals surface area contributed by atoms with Crippen LogP contribution in [0.2, 0.25) is 0 Å². The molecule has 0 aliphatic carbocycles. The third kappa shape index (κ3) is 4.28. The quantitative estimate of drug-likeness (QED) is 0.723. The van der Waals surface area contributed by atoms with Crippen molar-refractivity contribution in [2.75, 3.05) is 30.4 Å². The van der Waals surface area contributed by atoms with Crippen LogP contribution in [0.5, 0.6) is 5.75 Å². The van der Waals surface area contributed by atoms with Crippen molar-refractivity contribution in [3.05, 3.63) is 53.6 Å². The van der Waals surface area contributed by atoms with Gasteiger partial charge in [-0.05, 0) is 48.4 Å². The molecular weight excluding hydrogens is 398 g/mol. The standard InChI is InChI=1S/C23H23N3O5/c1-31-18-6-3-16(4-7-18)23(30)25-12-10-15-2-5-17(14-19(15)25)24-20(27)11-13-26-21(28)8-9-22(26)29/h2-7,14H,8-13H2,1H3,(H,24,27). The van der Waals surface area contributed by atoms with Crippen molar-refractivity contribution in [3.63, 3.8) is 0 Å². The number of imide groups is 1. The lowest BCUT2D eigenvalue weighted by Gasteiger charge is -2.19. The number of fused-ring (bicyclic) bond motifs is 1. The van der Waals surface area contributed by atoms with Gasteiger partial charge in [0.05, 0.1) is 7.11 Å². The maximum Gasteiger partial charge on any atom is 0.258 e.